The third-order valence-corrected chi connectivity index (χ3v) is 17.2. The van der Waals surface area contributed by atoms with Crippen molar-refractivity contribution in [2.75, 3.05) is 6.61 Å². The van der Waals surface area contributed by atoms with Gasteiger partial charge in [0, 0.05) is 5.92 Å². The van der Waals surface area contributed by atoms with Crippen molar-refractivity contribution in [3.05, 3.63) is 11.6 Å². The Morgan fingerprint density at radius 2 is 1.51 bits per heavy atom. The number of cyclic esters (lactones) is 1. The smallest absolute Gasteiger partial charge is 0.726 e. The molecule has 59 heavy (non-hydrogen) atoms. The van der Waals surface area contributed by atoms with Crippen molar-refractivity contribution in [3.8, 4) is 0 Å². The van der Waals surface area contributed by atoms with E-state index in [2.05, 4.69) is 45.7 Å². The summed E-state index contributed by atoms with van der Waals surface area (Å²) in [6.07, 6.45) is -7.69. The molecule has 10 unspecified atom stereocenters. The summed E-state index contributed by atoms with van der Waals surface area (Å²) in [7, 11) is -5.27. The van der Waals surface area contributed by atoms with E-state index in [0.717, 1.165) is 38.5 Å². The molecule has 1 spiro atoms. The first-order valence-electron chi connectivity index (χ1n) is 21.1. The quantitative estimate of drug-likeness (QED) is 0.0514. The molecule has 3 saturated carbocycles. The number of hydrogen-bond donors (Lipinski definition) is 5. The Morgan fingerprint density at radius 3 is 2.15 bits per heavy atom. The zero-order chi connectivity index (χ0) is 42.3. The minimum atomic E-state index is -5.27. The Kier molecular flexibility index (Phi) is 12.2. The van der Waals surface area contributed by atoms with Crippen molar-refractivity contribution in [1.82, 2.24) is 0 Å². The van der Waals surface area contributed by atoms with Crippen molar-refractivity contribution in [3.63, 3.8) is 0 Å². The van der Waals surface area contributed by atoms with E-state index in [9.17, 15) is 43.3 Å². The number of hydrogen-bond acceptors (Lipinski definition) is 16. The second kappa shape index (κ2) is 15.4. The van der Waals surface area contributed by atoms with Crippen LogP contribution in [0, 0.1) is 39.4 Å². The number of esters is 1. The minimum absolute atomic E-state index is 0. The van der Waals surface area contributed by atoms with Gasteiger partial charge in [-0.05, 0) is 107 Å². The molecule has 18 heteroatoms. The SMILES string of the molecule is CC1O[C@@H](OC2C(O)[C@H](OS(=O)(=O)[O-])CO[C@H]2OC2CCC3(C)C4=C[C@H](O)C56C(=O)O[C@@](C)([C@H]7CCC(C)(C)O7)[C@H]5CC[C@@]6(C)C4CCC3C2(C)C)C(O)C(O)[C@@H]1O.[Na+]. The molecule has 19 atom stereocenters. The third kappa shape index (κ3) is 7.01. The fourth-order valence-electron chi connectivity index (χ4n) is 13.7. The molecule has 8 rings (SSSR count). The molecule has 0 bridgehead atoms. The monoisotopic (exact) mass is 866 g/mol. The molecule has 16 nitrogen and oxygen atoms in total. The molecule has 0 aromatic rings. The largest absolute Gasteiger partial charge is 1.00 e. The van der Waals surface area contributed by atoms with E-state index in [1.807, 2.05) is 13.0 Å². The predicted octanol–water partition coefficient (Wildman–Crippen LogP) is -1.02. The molecule has 0 radical (unpaired) electrons. The number of aliphatic hydroxyl groups is 5. The van der Waals surface area contributed by atoms with E-state index in [-0.39, 0.29) is 70.4 Å². The van der Waals surface area contributed by atoms with Gasteiger partial charge in [0.25, 0.3) is 0 Å². The predicted molar refractivity (Wildman–Crippen MR) is 200 cm³/mol. The Bertz CT molecular complexity index is 1780. The van der Waals surface area contributed by atoms with Gasteiger partial charge in [0.05, 0.1) is 36.6 Å². The van der Waals surface area contributed by atoms with E-state index < -0.39 is 106 Å². The van der Waals surface area contributed by atoms with Crippen molar-refractivity contribution in [2.45, 2.75) is 192 Å². The van der Waals surface area contributed by atoms with Gasteiger partial charge >= 0.3 is 35.5 Å². The van der Waals surface area contributed by atoms with Gasteiger partial charge < -0.3 is 58.5 Å². The summed E-state index contributed by atoms with van der Waals surface area (Å²) in [6, 6.07) is 0. The molecule has 330 valence electrons. The normalized spacial score (nSPS) is 52.6. The van der Waals surface area contributed by atoms with Crippen LogP contribution in [0.4, 0.5) is 0 Å². The molecule has 4 saturated heterocycles. The standard InChI is InChI=1S/C41H64O16S.Na/c1-19-28(43)30(45)31(46)33(52-19)54-32-29(44)22(57-58(48,49)50)18-51-34(32)53-26-13-15-38(6)21-17-25(42)41-24(40(8,56-35(41)47)27-12-14-36(2,3)55-27)11-16-39(41,7)20(21)9-10-23(38)37(26,4)5;/h17,19-20,22-34,42-46H,9-16,18H2,1-8H3,(H,48,49,50);/q;+1/p-1/t19?,20?,22-,23?,24-,25+,26?,27-,28-,29?,30?,31?,32?,33+,34+,38?,39+,40-,41?;/m1./s1. The zero-order valence-corrected chi connectivity index (χ0v) is 38.6. The van der Waals surface area contributed by atoms with Crippen molar-refractivity contribution in [2.24, 2.45) is 39.4 Å². The van der Waals surface area contributed by atoms with Crippen LogP contribution in [-0.2, 0) is 47.8 Å². The summed E-state index contributed by atoms with van der Waals surface area (Å²) in [5, 5.41) is 55.2. The van der Waals surface area contributed by atoms with Crippen molar-refractivity contribution < 1.29 is 105 Å². The average Bonchev–Trinajstić information content (AvgIpc) is 3.75. The van der Waals surface area contributed by atoms with Gasteiger partial charge in [-0.15, -0.1) is 0 Å². The summed E-state index contributed by atoms with van der Waals surface area (Å²) in [6.45, 7) is 15.7. The van der Waals surface area contributed by atoms with E-state index in [1.165, 1.54) is 12.5 Å². The van der Waals surface area contributed by atoms with Crippen LogP contribution in [0.1, 0.15) is 107 Å². The third-order valence-electron chi connectivity index (χ3n) is 16.7. The van der Waals surface area contributed by atoms with Crippen LogP contribution >= 0.6 is 0 Å². The molecule has 8 aliphatic rings. The number of rotatable bonds is 7. The van der Waals surface area contributed by atoms with E-state index >= 15 is 0 Å². The van der Waals surface area contributed by atoms with E-state index in [1.54, 1.807) is 0 Å². The average molecular weight is 867 g/mol. The number of aliphatic hydroxyl groups excluding tert-OH is 5. The molecular formula is C41H63NaO16S. The fourth-order valence-corrected chi connectivity index (χ4v) is 14.2. The zero-order valence-electron chi connectivity index (χ0n) is 35.7. The van der Waals surface area contributed by atoms with Gasteiger partial charge in [0.15, 0.2) is 12.6 Å². The number of ether oxygens (including phenoxy) is 6. The molecule has 0 amide bonds. The molecular weight excluding hydrogens is 803 g/mol. The summed E-state index contributed by atoms with van der Waals surface area (Å²) < 4.78 is 76.4. The van der Waals surface area contributed by atoms with Gasteiger partial charge in [-0.1, -0.05) is 39.3 Å². The Hall–Kier alpha value is -0.320. The maximum atomic E-state index is 14.4. The van der Waals surface area contributed by atoms with E-state index in [0.29, 0.717) is 12.8 Å². The summed E-state index contributed by atoms with van der Waals surface area (Å²) in [4.78, 5) is 14.4. The van der Waals surface area contributed by atoms with Crippen LogP contribution in [0.3, 0.4) is 0 Å². The topological polar surface area (TPSA) is 240 Å². The van der Waals surface area contributed by atoms with Gasteiger partial charge in [-0.2, -0.15) is 0 Å². The first kappa shape index (κ1) is 46.7. The Labute approximate surface area is 369 Å². The van der Waals surface area contributed by atoms with Crippen molar-refractivity contribution >= 4 is 16.4 Å². The summed E-state index contributed by atoms with van der Waals surface area (Å²) in [5.74, 6) is -0.451. The fraction of sp³-hybridized carbons (Fsp3) is 0.927. The van der Waals surface area contributed by atoms with Crippen LogP contribution in [0.25, 0.3) is 0 Å². The van der Waals surface area contributed by atoms with Crippen LogP contribution in [0.2, 0.25) is 0 Å². The van der Waals surface area contributed by atoms with Gasteiger partial charge in [-0.25, -0.2) is 8.42 Å². The first-order valence-corrected chi connectivity index (χ1v) is 22.4. The number of carbonyl (C=O) groups is 1. The molecule has 7 fully saturated rings. The van der Waals surface area contributed by atoms with Crippen LogP contribution < -0.4 is 29.6 Å². The van der Waals surface area contributed by atoms with Crippen LogP contribution in [-0.4, -0.2) is 136 Å². The molecule has 4 heterocycles. The molecule has 0 aromatic carbocycles. The van der Waals surface area contributed by atoms with Crippen LogP contribution in [0.15, 0.2) is 11.6 Å². The number of carbonyl (C=O) groups excluding carboxylic acids is 1. The Balaban J connectivity index is 0.00000528. The number of fused-ring (bicyclic) bond motifs is 4. The molecule has 4 aliphatic heterocycles. The second-order valence-electron chi connectivity index (χ2n) is 20.5. The molecule has 4 aliphatic carbocycles. The number of allylic oxidation sites excluding steroid dienone is 1. The first-order chi connectivity index (χ1) is 26.8. The summed E-state index contributed by atoms with van der Waals surface area (Å²) >= 11 is 0. The van der Waals surface area contributed by atoms with Gasteiger partial charge in [0.2, 0.25) is 10.4 Å². The van der Waals surface area contributed by atoms with Crippen LogP contribution in [0.5, 0.6) is 0 Å². The second-order valence-corrected chi connectivity index (χ2v) is 21.5. The summed E-state index contributed by atoms with van der Waals surface area (Å²) in [5.41, 5.74) is -2.55. The van der Waals surface area contributed by atoms with Gasteiger partial charge in [-0.3, -0.25) is 8.98 Å². The van der Waals surface area contributed by atoms with Gasteiger partial charge in [0.1, 0.15) is 47.6 Å². The minimum Gasteiger partial charge on any atom is -0.726 e. The molecule has 5 N–H and O–H groups in total. The molecule has 0 aromatic heterocycles. The maximum absolute atomic E-state index is 14.4. The van der Waals surface area contributed by atoms with Crippen molar-refractivity contribution in [1.29, 1.82) is 0 Å². The van der Waals surface area contributed by atoms with E-state index in [4.69, 9.17) is 28.4 Å². The Morgan fingerprint density at radius 1 is 0.814 bits per heavy atom. The maximum Gasteiger partial charge on any atom is 1.00 e.